The Hall–Kier alpha value is -2.64. The molecule has 0 saturated heterocycles. The maximum Gasteiger partial charge on any atom is 0.289 e. The van der Waals surface area contributed by atoms with Crippen LogP contribution in [0.15, 0.2) is 10.7 Å². The minimum atomic E-state index is -0.302. The quantitative estimate of drug-likeness (QED) is 0.883. The summed E-state index contributed by atoms with van der Waals surface area (Å²) in [4.78, 5) is 31.1. The minimum absolute atomic E-state index is 0.0806. The third kappa shape index (κ3) is 3.04. The first-order valence-electron chi connectivity index (χ1n) is 8.59. The molecule has 0 bridgehead atoms. The molecule has 1 aliphatic carbocycles. The molecule has 8 nitrogen and oxygen atoms in total. The van der Waals surface area contributed by atoms with Gasteiger partial charge < -0.3 is 19.3 Å². The summed E-state index contributed by atoms with van der Waals surface area (Å²) in [5, 5.41) is 6.69. The lowest BCUT2D eigenvalue weighted by atomic mass is 10.2. The molecule has 1 aliphatic heterocycles. The van der Waals surface area contributed by atoms with Crippen LogP contribution < -0.4 is 5.32 Å². The molecule has 2 aromatic heterocycles. The monoisotopic (exact) mass is 343 g/mol. The first-order valence-corrected chi connectivity index (χ1v) is 8.59. The van der Waals surface area contributed by atoms with Gasteiger partial charge in [-0.15, -0.1) is 0 Å². The van der Waals surface area contributed by atoms with Crippen molar-refractivity contribution in [2.75, 3.05) is 13.1 Å². The van der Waals surface area contributed by atoms with Gasteiger partial charge in [0.2, 0.25) is 0 Å². The van der Waals surface area contributed by atoms with E-state index in [4.69, 9.17) is 4.52 Å². The predicted molar refractivity (Wildman–Crippen MR) is 88.0 cm³/mol. The molecule has 0 unspecified atom stereocenters. The van der Waals surface area contributed by atoms with Crippen molar-refractivity contribution in [3.8, 4) is 0 Å². The van der Waals surface area contributed by atoms with Gasteiger partial charge in [-0.25, -0.2) is 4.98 Å². The Kier molecular flexibility index (Phi) is 3.82. The summed E-state index contributed by atoms with van der Waals surface area (Å²) in [7, 11) is 0. The molecule has 1 saturated carbocycles. The summed E-state index contributed by atoms with van der Waals surface area (Å²) in [6, 6.07) is 0. The van der Waals surface area contributed by atoms with E-state index in [9.17, 15) is 9.59 Å². The molecule has 8 heteroatoms. The van der Waals surface area contributed by atoms with Crippen molar-refractivity contribution in [3.63, 3.8) is 0 Å². The predicted octanol–water partition coefficient (Wildman–Crippen LogP) is 1.28. The van der Waals surface area contributed by atoms with Crippen molar-refractivity contribution < 1.29 is 14.1 Å². The lowest BCUT2D eigenvalue weighted by molar-refractivity contribution is 0.0688. The molecule has 4 rings (SSSR count). The first kappa shape index (κ1) is 15.9. The normalized spacial score (nSPS) is 16.9. The number of hydrogen-bond acceptors (Lipinski definition) is 5. The van der Waals surface area contributed by atoms with Gasteiger partial charge in [0.15, 0.2) is 5.82 Å². The van der Waals surface area contributed by atoms with Crippen LogP contribution in [-0.2, 0) is 13.1 Å². The highest BCUT2D eigenvalue weighted by Crippen LogP contribution is 2.30. The summed E-state index contributed by atoms with van der Waals surface area (Å²) in [6.07, 6.45) is 4.06. The van der Waals surface area contributed by atoms with Crippen molar-refractivity contribution >= 4 is 11.8 Å². The summed E-state index contributed by atoms with van der Waals surface area (Å²) in [6.45, 7) is 6.13. The average molecular weight is 343 g/mol. The van der Waals surface area contributed by atoms with E-state index in [-0.39, 0.29) is 17.5 Å². The molecule has 0 radical (unpaired) electrons. The fraction of sp³-hybridized carbons (Fsp3) is 0.529. The van der Waals surface area contributed by atoms with Crippen LogP contribution in [0.2, 0.25) is 0 Å². The Balaban J connectivity index is 1.45. The van der Waals surface area contributed by atoms with E-state index < -0.39 is 0 Å². The lowest BCUT2D eigenvalue weighted by Gasteiger charge is -2.27. The zero-order valence-corrected chi connectivity index (χ0v) is 14.4. The topological polar surface area (TPSA) is 93.3 Å². The van der Waals surface area contributed by atoms with E-state index in [2.05, 4.69) is 15.5 Å². The second kappa shape index (κ2) is 6.02. The largest absolute Gasteiger partial charge is 0.361 e. The Morgan fingerprint density at radius 2 is 2.16 bits per heavy atom. The van der Waals surface area contributed by atoms with Crippen molar-refractivity contribution in [2.24, 2.45) is 5.92 Å². The highest BCUT2D eigenvalue weighted by atomic mass is 16.5. The average Bonchev–Trinajstić information content (AvgIpc) is 3.20. The molecule has 0 aromatic carbocycles. The van der Waals surface area contributed by atoms with E-state index in [1.807, 2.05) is 18.7 Å². The number of imidazole rings is 1. The van der Waals surface area contributed by atoms with Gasteiger partial charge in [-0.3, -0.25) is 9.59 Å². The van der Waals surface area contributed by atoms with Crippen molar-refractivity contribution in [1.29, 1.82) is 0 Å². The highest BCUT2D eigenvalue weighted by molar-refractivity contribution is 5.96. The maximum absolute atomic E-state index is 12.5. The van der Waals surface area contributed by atoms with Gasteiger partial charge in [0.1, 0.15) is 11.5 Å². The van der Waals surface area contributed by atoms with Crippen molar-refractivity contribution in [1.82, 2.24) is 24.9 Å². The number of aryl methyl sites for hydroxylation is 2. The van der Waals surface area contributed by atoms with Gasteiger partial charge in [0.25, 0.3) is 11.8 Å². The van der Waals surface area contributed by atoms with Crippen LogP contribution in [0.25, 0.3) is 0 Å². The number of aromatic nitrogens is 3. The smallest absolute Gasteiger partial charge is 0.289 e. The van der Waals surface area contributed by atoms with E-state index in [1.54, 1.807) is 10.8 Å². The number of amides is 2. The number of nitrogens with zero attached hydrogens (tertiary/aromatic N) is 4. The van der Waals surface area contributed by atoms with Crippen LogP contribution in [0.1, 0.15) is 51.0 Å². The lowest BCUT2D eigenvalue weighted by Crippen LogP contribution is -2.41. The van der Waals surface area contributed by atoms with Crippen molar-refractivity contribution in [2.45, 2.75) is 39.8 Å². The number of rotatable bonds is 5. The number of carbonyl (C=O) groups is 2. The fourth-order valence-electron chi connectivity index (χ4n) is 3.14. The SMILES string of the molecule is Cc1noc(C)c1CNC(=O)c1cn2c(n1)C(=O)N(CC1CC1)CC2. The molecule has 1 N–H and O–H groups in total. The zero-order valence-electron chi connectivity index (χ0n) is 14.4. The molecule has 25 heavy (non-hydrogen) atoms. The second-order valence-corrected chi connectivity index (χ2v) is 6.82. The van der Waals surface area contributed by atoms with E-state index in [0.29, 0.717) is 37.1 Å². The van der Waals surface area contributed by atoms with Gasteiger partial charge in [-0.2, -0.15) is 0 Å². The van der Waals surface area contributed by atoms with Crippen molar-refractivity contribution in [3.05, 3.63) is 34.7 Å². The summed E-state index contributed by atoms with van der Waals surface area (Å²) in [5.74, 6) is 1.30. The molecule has 0 spiro atoms. The number of carbonyl (C=O) groups excluding carboxylic acids is 2. The van der Waals surface area contributed by atoms with E-state index >= 15 is 0 Å². The van der Waals surface area contributed by atoms with E-state index in [0.717, 1.165) is 17.8 Å². The van der Waals surface area contributed by atoms with Crippen LogP contribution in [0.5, 0.6) is 0 Å². The summed E-state index contributed by atoms with van der Waals surface area (Å²) >= 11 is 0. The Morgan fingerprint density at radius 1 is 1.36 bits per heavy atom. The molecule has 0 atom stereocenters. The molecule has 2 amide bonds. The third-order valence-electron chi connectivity index (χ3n) is 4.88. The van der Waals surface area contributed by atoms with Gasteiger partial charge in [-0.1, -0.05) is 5.16 Å². The Morgan fingerprint density at radius 3 is 2.84 bits per heavy atom. The van der Waals surface area contributed by atoms with Gasteiger partial charge in [0.05, 0.1) is 5.69 Å². The van der Waals surface area contributed by atoms with Crippen LogP contribution >= 0.6 is 0 Å². The molecular weight excluding hydrogens is 322 g/mol. The number of nitrogens with one attached hydrogen (secondary N) is 1. The molecule has 1 fully saturated rings. The van der Waals surface area contributed by atoms with Crippen LogP contribution in [-0.4, -0.2) is 44.5 Å². The zero-order chi connectivity index (χ0) is 17.6. The van der Waals surface area contributed by atoms with E-state index in [1.165, 1.54) is 12.8 Å². The van der Waals surface area contributed by atoms with Crippen LogP contribution in [0.3, 0.4) is 0 Å². The second-order valence-electron chi connectivity index (χ2n) is 6.82. The van der Waals surface area contributed by atoms with Gasteiger partial charge >= 0.3 is 0 Å². The Labute approximate surface area is 145 Å². The molecule has 3 heterocycles. The van der Waals surface area contributed by atoms with Gasteiger partial charge in [-0.05, 0) is 32.6 Å². The first-order chi connectivity index (χ1) is 12.0. The minimum Gasteiger partial charge on any atom is -0.361 e. The van der Waals surface area contributed by atoms with Crippen LogP contribution in [0.4, 0.5) is 0 Å². The number of fused-ring (bicyclic) bond motifs is 1. The molecule has 132 valence electrons. The molecule has 2 aliphatic rings. The van der Waals surface area contributed by atoms with Crippen LogP contribution in [0, 0.1) is 19.8 Å². The fourth-order valence-corrected chi connectivity index (χ4v) is 3.14. The molecule has 2 aromatic rings. The molecular formula is C17H21N5O3. The summed E-state index contributed by atoms with van der Waals surface area (Å²) < 4.78 is 6.87. The third-order valence-corrected chi connectivity index (χ3v) is 4.88. The maximum atomic E-state index is 12.5. The Bertz CT molecular complexity index is 814. The highest BCUT2D eigenvalue weighted by Gasteiger charge is 2.32. The van der Waals surface area contributed by atoms with Gasteiger partial charge in [0, 0.05) is 37.9 Å². The standard InChI is InChI=1S/C17H21N5O3/c1-10-13(11(2)25-20-10)7-18-16(23)14-9-21-5-6-22(8-12-3-4-12)17(24)15(21)19-14/h9,12H,3-8H2,1-2H3,(H,18,23). The summed E-state index contributed by atoms with van der Waals surface area (Å²) in [5.41, 5.74) is 1.89. The number of hydrogen-bond donors (Lipinski definition) is 1.